The largest absolute Gasteiger partial charge is 0.339 e. The molecule has 20 heavy (non-hydrogen) atoms. The van der Waals surface area contributed by atoms with Crippen LogP contribution in [0.15, 0.2) is 4.52 Å². The van der Waals surface area contributed by atoms with Crippen molar-refractivity contribution in [2.24, 2.45) is 0 Å². The molecule has 0 aromatic carbocycles. The van der Waals surface area contributed by atoms with E-state index in [2.05, 4.69) is 41.1 Å². The summed E-state index contributed by atoms with van der Waals surface area (Å²) in [6.07, 6.45) is 4.37. The molecular formula is C14H20N4OS. The maximum absolute atomic E-state index is 5.22. The van der Waals surface area contributed by atoms with Gasteiger partial charge in [0, 0.05) is 24.2 Å². The molecule has 1 unspecified atom stereocenters. The third-order valence-corrected chi connectivity index (χ3v) is 4.90. The Morgan fingerprint density at radius 1 is 1.25 bits per heavy atom. The molecule has 2 heterocycles. The first kappa shape index (κ1) is 13.7. The van der Waals surface area contributed by atoms with Crippen LogP contribution in [0.3, 0.4) is 0 Å². The van der Waals surface area contributed by atoms with Crippen LogP contribution in [-0.2, 0) is 6.42 Å². The molecule has 2 aromatic rings. The third-order valence-electron chi connectivity index (χ3n) is 3.58. The Balaban J connectivity index is 1.56. The quantitative estimate of drug-likeness (QED) is 0.813. The van der Waals surface area contributed by atoms with Gasteiger partial charge in [0.25, 0.3) is 0 Å². The van der Waals surface area contributed by atoms with Crippen molar-refractivity contribution in [2.45, 2.75) is 64.2 Å². The van der Waals surface area contributed by atoms with Crippen LogP contribution in [0.5, 0.6) is 0 Å². The highest BCUT2D eigenvalue weighted by atomic mass is 32.1. The number of rotatable bonds is 6. The highest BCUT2D eigenvalue weighted by molar-refractivity contribution is 7.11. The van der Waals surface area contributed by atoms with Crippen LogP contribution in [0.1, 0.15) is 79.5 Å². The maximum Gasteiger partial charge on any atom is 0.229 e. The lowest BCUT2D eigenvalue weighted by Gasteiger charge is -2.04. The van der Waals surface area contributed by atoms with Gasteiger partial charge in [-0.1, -0.05) is 25.9 Å². The molecule has 1 atom stereocenters. The number of hydrogen-bond donors (Lipinski definition) is 0. The summed E-state index contributed by atoms with van der Waals surface area (Å²) in [7, 11) is 0. The Morgan fingerprint density at radius 2 is 2.05 bits per heavy atom. The van der Waals surface area contributed by atoms with E-state index in [1.165, 1.54) is 17.8 Å². The first-order valence-electron chi connectivity index (χ1n) is 7.29. The molecule has 5 nitrogen and oxygen atoms in total. The lowest BCUT2D eigenvalue weighted by molar-refractivity contribution is 0.360. The minimum Gasteiger partial charge on any atom is -0.339 e. The molecule has 108 valence electrons. The summed E-state index contributed by atoms with van der Waals surface area (Å²) in [5.74, 6) is 2.91. The molecule has 1 fully saturated rings. The van der Waals surface area contributed by atoms with Gasteiger partial charge in [-0.2, -0.15) is 4.98 Å². The zero-order valence-corrected chi connectivity index (χ0v) is 13.0. The van der Waals surface area contributed by atoms with Crippen molar-refractivity contribution >= 4 is 11.3 Å². The van der Waals surface area contributed by atoms with Crippen LogP contribution in [0.25, 0.3) is 0 Å². The van der Waals surface area contributed by atoms with Crippen LogP contribution in [0.4, 0.5) is 0 Å². The van der Waals surface area contributed by atoms with Crippen molar-refractivity contribution in [1.82, 2.24) is 20.3 Å². The molecular weight excluding hydrogens is 272 g/mol. The summed E-state index contributed by atoms with van der Waals surface area (Å²) in [5, 5.41) is 15.0. The van der Waals surface area contributed by atoms with E-state index >= 15 is 0 Å². The molecule has 0 bridgehead atoms. The van der Waals surface area contributed by atoms with Gasteiger partial charge < -0.3 is 4.52 Å². The van der Waals surface area contributed by atoms with E-state index < -0.39 is 0 Å². The van der Waals surface area contributed by atoms with Gasteiger partial charge in [-0.25, -0.2) is 0 Å². The predicted molar refractivity (Wildman–Crippen MR) is 77.0 cm³/mol. The normalized spacial score (nSPS) is 16.8. The predicted octanol–water partition coefficient (Wildman–Crippen LogP) is 3.66. The minimum absolute atomic E-state index is 0.290. The highest BCUT2D eigenvalue weighted by Crippen LogP contribution is 2.42. The number of hydrogen-bond acceptors (Lipinski definition) is 6. The Kier molecular flexibility index (Phi) is 3.83. The van der Waals surface area contributed by atoms with Gasteiger partial charge in [0.15, 0.2) is 5.82 Å². The average Bonchev–Trinajstić information content (AvgIpc) is 2.98. The van der Waals surface area contributed by atoms with Crippen LogP contribution in [-0.4, -0.2) is 20.3 Å². The standard InChI is InChI=1S/C14H20N4OS/c1-8(2)12-15-11(18-19-12)7-4-9(3)13-16-17-14(20-13)10-5-6-10/h8-10H,4-7H2,1-3H3. The van der Waals surface area contributed by atoms with Gasteiger partial charge >= 0.3 is 0 Å². The molecule has 1 aliphatic rings. The van der Waals surface area contributed by atoms with E-state index in [1.54, 1.807) is 11.3 Å². The van der Waals surface area contributed by atoms with Gasteiger partial charge in [0.05, 0.1) is 0 Å². The van der Waals surface area contributed by atoms with E-state index in [4.69, 9.17) is 4.52 Å². The van der Waals surface area contributed by atoms with Crippen LogP contribution in [0.2, 0.25) is 0 Å². The zero-order valence-electron chi connectivity index (χ0n) is 12.2. The Labute approximate surface area is 122 Å². The molecule has 0 saturated heterocycles. The van der Waals surface area contributed by atoms with Crippen LogP contribution < -0.4 is 0 Å². The topological polar surface area (TPSA) is 64.7 Å². The third kappa shape index (κ3) is 3.06. The Bertz CT molecular complexity index is 573. The second kappa shape index (κ2) is 5.60. The smallest absolute Gasteiger partial charge is 0.229 e. The summed E-state index contributed by atoms with van der Waals surface area (Å²) >= 11 is 1.77. The van der Waals surface area contributed by atoms with Gasteiger partial charge in [-0.05, 0) is 19.3 Å². The summed E-state index contributed by atoms with van der Waals surface area (Å²) in [5.41, 5.74) is 0. The fourth-order valence-electron chi connectivity index (χ4n) is 2.01. The van der Waals surface area contributed by atoms with Crippen LogP contribution in [0, 0.1) is 0 Å². The van der Waals surface area contributed by atoms with E-state index in [9.17, 15) is 0 Å². The van der Waals surface area contributed by atoms with Crippen molar-refractivity contribution in [3.63, 3.8) is 0 Å². The second-order valence-electron chi connectivity index (χ2n) is 5.90. The van der Waals surface area contributed by atoms with E-state index in [1.807, 2.05) is 0 Å². The first-order valence-corrected chi connectivity index (χ1v) is 8.11. The lowest BCUT2D eigenvalue weighted by Crippen LogP contribution is -1.98. The minimum atomic E-state index is 0.290. The number of aryl methyl sites for hydroxylation is 1. The Hall–Kier alpha value is -1.30. The fourth-order valence-corrected chi connectivity index (χ4v) is 3.11. The van der Waals surface area contributed by atoms with Gasteiger partial charge in [0.1, 0.15) is 10.0 Å². The molecule has 1 saturated carbocycles. The highest BCUT2D eigenvalue weighted by Gasteiger charge is 2.28. The van der Waals surface area contributed by atoms with Crippen molar-refractivity contribution < 1.29 is 4.52 Å². The van der Waals surface area contributed by atoms with E-state index in [-0.39, 0.29) is 5.92 Å². The summed E-state index contributed by atoms with van der Waals surface area (Å²) < 4.78 is 5.22. The van der Waals surface area contributed by atoms with Gasteiger partial charge in [0.2, 0.25) is 5.89 Å². The maximum atomic E-state index is 5.22. The first-order chi connectivity index (χ1) is 9.63. The second-order valence-corrected chi connectivity index (χ2v) is 6.94. The van der Waals surface area contributed by atoms with E-state index in [0.717, 1.165) is 29.6 Å². The summed E-state index contributed by atoms with van der Waals surface area (Å²) in [4.78, 5) is 4.41. The van der Waals surface area contributed by atoms with Crippen LogP contribution >= 0.6 is 11.3 Å². The van der Waals surface area contributed by atoms with Gasteiger partial charge in [-0.3, -0.25) is 0 Å². The van der Waals surface area contributed by atoms with Crippen molar-refractivity contribution in [1.29, 1.82) is 0 Å². The molecule has 2 aromatic heterocycles. The van der Waals surface area contributed by atoms with Crippen molar-refractivity contribution in [2.75, 3.05) is 0 Å². The zero-order chi connectivity index (χ0) is 14.1. The monoisotopic (exact) mass is 292 g/mol. The lowest BCUT2D eigenvalue weighted by atomic mass is 10.1. The molecule has 0 N–H and O–H groups in total. The fraction of sp³-hybridized carbons (Fsp3) is 0.714. The van der Waals surface area contributed by atoms with Crippen molar-refractivity contribution in [3.05, 3.63) is 21.7 Å². The summed E-state index contributed by atoms with van der Waals surface area (Å²) in [6.45, 7) is 6.31. The molecule has 0 spiro atoms. The molecule has 0 radical (unpaired) electrons. The summed E-state index contributed by atoms with van der Waals surface area (Å²) in [6, 6.07) is 0. The molecule has 6 heteroatoms. The average molecular weight is 292 g/mol. The molecule has 0 amide bonds. The van der Waals surface area contributed by atoms with Gasteiger partial charge in [-0.15, -0.1) is 21.5 Å². The SMILES string of the molecule is CC(C)c1nc(CCC(C)c2nnc(C3CC3)s2)no1. The van der Waals surface area contributed by atoms with Crippen molar-refractivity contribution in [3.8, 4) is 0 Å². The number of aromatic nitrogens is 4. The molecule has 3 rings (SSSR count). The molecule has 1 aliphatic carbocycles. The Morgan fingerprint density at radius 3 is 2.70 bits per heavy atom. The van der Waals surface area contributed by atoms with E-state index in [0.29, 0.717) is 11.8 Å². The molecule has 0 aliphatic heterocycles. The number of nitrogens with zero attached hydrogens (tertiary/aromatic N) is 4.